The lowest BCUT2D eigenvalue weighted by atomic mass is 10.1. The van der Waals surface area contributed by atoms with Crippen LogP contribution < -0.4 is 10.6 Å². The normalized spacial score (nSPS) is 11.2. The van der Waals surface area contributed by atoms with Gasteiger partial charge >= 0.3 is 6.18 Å². The van der Waals surface area contributed by atoms with Crippen LogP contribution in [0.5, 0.6) is 0 Å². The zero-order chi connectivity index (χ0) is 23.3. The summed E-state index contributed by atoms with van der Waals surface area (Å²) in [5.41, 5.74) is -0.220. The Bertz CT molecular complexity index is 1140. The van der Waals surface area contributed by atoms with E-state index in [1.165, 1.54) is 30.6 Å². The van der Waals surface area contributed by atoms with Crippen molar-refractivity contribution >= 4 is 40.6 Å². The Kier molecular flexibility index (Phi) is 7.04. The van der Waals surface area contributed by atoms with Gasteiger partial charge in [-0.05, 0) is 36.8 Å². The van der Waals surface area contributed by atoms with E-state index < -0.39 is 17.6 Å². The van der Waals surface area contributed by atoms with E-state index in [9.17, 15) is 22.8 Å². The van der Waals surface area contributed by atoms with Crippen LogP contribution in [0.4, 0.5) is 30.5 Å². The van der Waals surface area contributed by atoms with Gasteiger partial charge in [-0.1, -0.05) is 18.5 Å². The quantitative estimate of drug-likeness (QED) is 0.353. The van der Waals surface area contributed by atoms with E-state index in [1.807, 2.05) is 6.92 Å². The van der Waals surface area contributed by atoms with Gasteiger partial charge in [-0.25, -0.2) is 15.0 Å². The first-order valence-corrected chi connectivity index (χ1v) is 9.81. The number of carbonyl (C=O) groups excluding carboxylic acids is 2. The van der Waals surface area contributed by atoms with E-state index in [0.717, 1.165) is 12.1 Å². The fourth-order valence-electron chi connectivity index (χ4n) is 2.72. The smallest absolute Gasteiger partial charge is 0.325 e. The number of ketones is 1. The first-order valence-electron chi connectivity index (χ1n) is 9.43. The Morgan fingerprint density at radius 2 is 1.81 bits per heavy atom. The molecule has 0 unspecified atom stereocenters. The number of alkyl halides is 3. The number of hydrogen-bond acceptors (Lipinski definition) is 6. The van der Waals surface area contributed by atoms with Crippen LogP contribution in [0.2, 0.25) is 5.15 Å². The summed E-state index contributed by atoms with van der Waals surface area (Å²) in [6, 6.07) is 6.27. The molecule has 0 aliphatic carbocycles. The molecule has 0 bridgehead atoms. The van der Waals surface area contributed by atoms with Gasteiger partial charge in [0.1, 0.15) is 16.8 Å². The van der Waals surface area contributed by atoms with Gasteiger partial charge in [0, 0.05) is 29.9 Å². The van der Waals surface area contributed by atoms with Gasteiger partial charge in [0.2, 0.25) is 0 Å². The highest BCUT2D eigenvalue weighted by atomic mass is 35.5. The van der Waals surface area contributed by atoms with Crippen LogP contribution in [-0.4, -0.2) is 26.6 Å². The lowest BCUT2D eigenvalue weighted by Gasteiger charge is -2.11. The zero-order valence-corrected chi connectivity index (χ0v) is 17.5. The standard InChI is InChI=1S/C21H17ClF3N5O2/c1-2-3-16(31)14-9-17(22)27-11-15(14)29-20(32)12-6-7-26-19(8-12)30-18-5-4-13(10-28-18)21(23,24)25/h4-11H,2-3H2,1H3,(H,29,32)(H,26,28,30). The van der Waals surface area contributed by atoms with Crippen molar-refractivity contribution in [2.45, 2.75) is 25.9 Å². The van der Waals surface area contributed by atoms with Crippen LogP contribution in [0.15, 0.2) is 48.9 Å². The fraction of sp³-hybridized carbons (Fsp3) is 0.190. The molecular formula is C21H17ClF3N5O2. The molecule has 7 nitrogen and oxygen atoms in total. The van der Waals surface area contributed by atoms with Crippen molar-refractivity contribution in [1.82, 2.24) is 15.0 Å². The number of aromatic nitrogens is 3. The molecule has 3 rings (SSSR count). The predicted octanol–water partition coefficient (Wildman–Crippen LogP) is 5.52. The highest BCUT2D eigenvalue weighted by molar-refractivity contribution is 6.30. The number of pyridine rings is 3. The molecule has 0 aromatic carbocycles. The minimum atomic E-state index is -4.49. The second kappa shape index (κ2) is 9.73. The van der Waals surface area contributed by atoms with E-state index >= 15 is 0 Å². The van der Waals surface area contributed by atoms with Crippen molar-refractivity contribution in [3.8, 4) is 0 Å². The maximum absolute atomic E-state index is 12.7. The first-order chi connectivity index (χ1) is 15.2. The third kappa shape index (κ3) is 5.79. The van der Waals surface area contributed by atoms with Crippen LogP contribution in [0.25, 0.3) is 0 Å². The monoisotopic (exact) mass is 463 g/mol. The van der Waals surface area contributed by atoms with E-state index in [1.54, 1.807) is 0 Å². The summed E-state index contributed by atoms with van der Waals surface area (Å²) in [6.45, 7) is 1.86. The molecule has 3 aromatic rings. The van der Waals surface area contributed by atoms with Gasteiger partial charge in [-0.3, -0.25) is 9.59 Å². The Balaban J connectivity index is 1.77. The van der Waals surface area contributed by atoms with Crippen molar-refractivity contribution in [2.24, 2.45) is 0 Å². The van der Waals surface area contributed by atoms with Crippen molar-refractivity contribution in [1.29, 1.82) is 0 Å². The summed E-state index contributed by atoms with van der Waals surface area (Å²) in [5.74, 6) is -0.401. The van der Waals surface area contributed by atoms with Crippen molar-refractivity contribution in [2.75, 3.05) is 10.6 Å². The molecule has 3 aromatic heterocycles. The number of nitrogens with one attached hydrogen (secondary N) is 2. The van der Waals surface area contributed by atoms with Crippen LogP contribution in [0, 0.1) is 0 Å². The molecular weight excluding hydrogens is 447 g/mol. The summed E-state index contributed by atoms with van der Waals surface area (Å²) >= 11 is 5.89. The highest BCUT2D eigenvalue weighted by Gasteiger charge is 2.30. The van der Waals surface area contributed by atoms with Crippen molar-refractivity contribution in [3.63, 3.8) is 0 Å². The fourth-order valence-corrected chi connectivity index (χ4v) is 2.88. The molecule has 0 saturated heterocycles. The Labute approximate surface area is 186 Å². The molecule has 166 valence electrons. The Hall–Kier alpha value is -3.53. The Morgan fingerprint density at radius 3 is 2.47 bits per heavy atom. The average molecular weight is 464 g/mol. The lowest BCUT2D eigenvalue weighted by Crippen LogP contribution is -2.15. The SMILES string of the molecule is CCCC(=O)c1cc(Cl)ncc1NC(=O)c1ccnc(Nc2ccc(C(F)(F)F)cn2)c1. The van der Waals surface area contributed by atoms with Gasteiger partial charge < -0.3 is 10.6 Å². The molecule has 0 radical (unpaired) electrons. The molecule has 0 aliphatic rings. The molecule has 1 amide bonds. The maximum Gasteiger partial charge on any atom is 0.417 e. The molecule has 3 heterocycles. The number of amides is 1. The molecule has 0 fully saturated rings. The van der Waals surface area contributed by atoms with E-state index in [-0.39, 0.29) is 45.8 Å². The summed E-state index contributed by atoms with van der Waals surface area (Å²) in [7, 11) is 0. The van der Waals surface area contributed by atoms with E-state index in [2.05, 4.69) is 25.6 Å². The molecule has 0 atom stereocenters. The number of Topliss-reactive ketones (excluding diaryl/α,β-unsaturated/α-hetero) is 1. The molecule has 11 heteroatoms. The van der Waals surface area contributed by atoms with Gasteiger partial charge in [-0.15, -0.1) is 0 Å². The van der Waals surface area contributed by atoms with E-state index in [4.69, 9.17) is 11.6 Å². The van der Waals surface area contributed by atoms with Gasteiger partial charge in [0.15, 0.2) is 5.78 Å². The highest BCUT2D eigenvalue weighted by Crippen LogP contribution is 2.29. The molecule has 0 aliphatic heterocycles. The topological polar surface area (TPSA) is 96.9 Å². The summed E-state index contributed by atoms with van der Waals surface area (Å²) in [4.78, 5) is 36.7. The van der Waals surface area contributed by atoms with Gasteiger partial charge in [0.05, 0.1) is 17.4 Å². The van der Waals surface area contributed by atoms with Gasteiger partial charge in [0.25, 0.3) is 5.91 Å². The van der Waals surface area contributed by atoms with Gasteiger partial charge in [-0.2, -0.15) is 13.2 Å². The number of anilines is 3. The third-order valence-corrected chi connectivity index (χ3v) is 4.47. The van der Waals surface area contributed by atoms with Crippen LogP contribution in [-0.2, 0) is 6.18 Å². The summed E-state index contributed by atoms with van der Waals surface area (Å²) < 4.78 is 38.0. The zero-order valence-electron chi connectivity index (χ0n) is 16.7. The molecule has 0 saturated carbocycles. The van der Waals surface area contributed by atoms with E-state index in [0.29, 0.717) is 12.6 Å². The number of carbonyl (C=O) groups is 2. The minimum Gasteiger partial charge on any atom is -0.325 e. The van der Waals surface area contributed by atoms with Crippen LogP contribution in [0.3, 0.4) is 0 Å². The molecule has 0 spiro atoms. The largest absolute Gasteiger partial charge is 0.417 e. The number of nitrogens with zero attached hydrogens (tertiary/aromatic N) is 3. The number of rotatable bonds is 7. The van der Waals surface area contributed by atoms with Crippen molar-refractivity contribution in [3.05, 3.63) is 70.8 Å². The third-order valence-electron chi connectivity index (χ3n) is 4.27. The van der Waals surface area contributed by atoms with Crippen molar-refractivity contribution < 1.29 is 22.8 Å². The first kappa shape index (κ1) is 23.1. The second-order valence-corrected chi connectivity index (χ2v) is 7.05. The molecule has 32 heavy (non-hydrogen) atoms. The molecule has 2 N–H and O–H groups in total. The number of hydrogen-bond donors (Lipinski definition) is 2. The average Bonchev–Trinajstić information content (AvgIpc) is 2.75. The van der Waals surface area contributed by atoms with Crippen LogP contribution in [0.1, 0.15) is 46.0 Å². The summed E-state index contributed by atoms with van der Waals surface area (Å²) in [5, 5.41) is 5.50. The predicted molar refractivity (Wildman–Crippen MR) is 113 cm³/mol. The Morgan fingerprint density at radius 1 is 1.03 bits per heavy atom. The minimum absolute atomic E-state index is 0.123. The summed E-state index contributed by atoms with van der Waals surface area (Å²) in [6.07, 6.45) is -0.229. The lowest BCUT2D eigenvalue weighted by molar-refractivity contribution is -0.137. The maximum atomic E-state index is 12.7. The van der Waals surface area contributed by atoms with Crippen LogP contribution >= 0.6 is 11.6 Å². The second-order valence-electron chi connectivity index (χ2n) is 6.66. The number of halogens is 4.